The zero-order valence-corrected chi connectivity index (χ0v) is 16.1. The Hall–Kier alpha value is -2.64. The molecule has 0 saturated heterocycles. The molecule has 0 spiro atoms. The highest BCUT2D eigenvalue weighted by Crippen LogP contribution is 2.25. The fraction of sp³-hybridized carbons (Fsp3) is 0.158. The van der Waals surface area contributed by atoms with Crippen molar-refractivity contribution in [3.8, 4) is 5.75 Å². The van der Waals surface area contributed by atoms with Gasteiger partial charge in [-0.1, -0.05) is 41.9 Å². The predicted octanol–water partition coefficient (Wildman–Crippen LogP) is 4.93. The molecular weight excluding hydrogens is 387 g/mol. The first-order valence-electron chi connectivity index (χ1n) is 8.33. The zero-order valence-electron chi connectivity index (χ0n) is 14.6. The molecule has 140 valence electrons. The van der Waals surface area contributed by atoms with E-state index in [0.29, 0.717) is 33.9 Å². The van der Waals surface area contributed by atoms with E-state index in [4.69, 9.17) is 28.6 Å². The van der Waals surface area contributed by atoms with Gasteiger partial charge in [0.25, 0.3) is 0 Å². The summed E-state index contributed by atoms with van der Waals surface area (Å²) >= 11 is 11.6. The Morgan fingerprint density at radius 3 is 2.70 bits per heavy atom. The fourth-order valence-corrected chi connectivity index (χ4v) is 2.88. The van der Waals surface area contributed by atoms with E-state index in [0.717, 1.165) is 5.69 Å². The van der Waals surface area contributed by atoms with Crippen LogP contribution in [0.15, 0.2) is 54.7 Å². The maximum atomic E-state index is 13.8. The van der Waals surface area contributed by atoms with Crippen molar-refractivity contribution in [2.75, 3.05) is 17.2 Å². The summed E-state index contributed by atoms with van der Waals surface area (Å²) in [7, 11) is 0. The summed E-state index contributed by atoms with van der Waals surface area (Å²) < 4.78 is 20.9. The van der Waals surface area contributed by atoms with E-state index in [2.05, 4.69) is 15.7 Å². The molecular formula is C19H18ClFN4OS. The standard InChI is InChI=1S/C19H18ClFN4OS/c1-2-26-17-10-6-5-9-16(17)22-19(27)23-18-14(20)12-25(24-18)11-13-7-3-4-8-15(13)21/h3-10,12H,2,11H2,1H3,(H2,22,23,24,27). The summed E-state index contributed by atoms with van der Waals surface area (Å²) in [5.74, 6) is 0.795. The average Bonchev–Trinajstić information content (AvgIpc) is 2.98. The van der Waals surface area contributed by atoms with Gasteiger partial charge in [0.1, 0.15) is 16.6 Å². The van der Waals surface area contributed by atoms with Crippen LogP contribution in [0.25, 0.3) is 0 Å². The maximum Gasteiger partial charge on any atom is 0.176 e. The van der Waals surface area contributed by atoms with Gasteiger partial charge in [-0.2, -0.15) is 5.10 Å². The first-order valence-corrected chi connectivity index (χ1v) is 9.11. The summed E-state index contributed by atoms with van der Waals surface area (Å²) in [6.45, 7) is 2.72. The number of thiocarbonyl (C=S) groups is 1. The molecule has 0 fully saturated rings. The maximum absolute atomic E-state index is 13.8. The van der Waals surface area contributed by atoms with Crippen molar-refractivity contribution < 1.29 is 9.13 Å². The highest BCUT2D eigenvalue weighted by molar-refractivity contribution is 7.80. The molecule has 0 bridgehead atoms. The monoisotopic (exact) mass is 404 g/mol. The molecule has 0 unspecified atom stereocenters. The number of para-hydroxylation sites is 2. The minimum Gasteiger partial charge on any atom is -0.492 e. The Morgan fingerprint density at radius 2 is 1.93 bits per heavy atom. The van der Waals surface area contributed by atoms with E-state index in [1.165, 1.54) is 6.07 Å². The molecule has 0 radical (unpaired) electrons. The van der Waals surface area contributed by atoms with Crippen molar-refractivity contribution in [2.24, 2.45) is 0 Å². The average molecular weight is 405 g/mol. The molecule has 3 rings (SSSR count). The van der Waals surface area contributed by atoms with Crippen LogP contribution in [0.3, 0.4) is 0 Å². The van der Waals surface area contributed by atoms with Gasteiger partial charge in [-0.3, -0.25) is 4.68 Å². The predicted molar refractivity (Wildman–Crippen MR) is 110 cm³/mol. The van der Waals surface area contributed by atoms with Crippen LogP contribution in [0.1, 0.15) is 12.5 Å². The second kappa shape index (κ2) is 8.83. The van der Waals surface area contributed by atoms with Gasteiger partial charge in [0.2, 0.25) is 0 Å². The van der Waals surface area contributed by atoms with E-state index in [1.807, 2.05) is 31.2 Å². The number of rotatable bonds is 6. The van der Waals surface area contributed by atoms with Crippen LogP contribution in [-0.4, -0.2) is 21.5 Å². The fourth-order valence-electron chi connectivity index (χ4n) is 2.48. The normalized spacial score (nSPS) is 10.5. The number of hydrogen-bond acceptors (Lipinski definition) is 3. The van der Waals surface area contributed by atoms with E-state index >= 15 is 0 Å². The molecule has 0 aliphatic heterocycles. The van der Waals surface area contributed by atoms with Crippen molar-refractivity contribution in [3.63, 3.8) is 0 Å². The summed E-state index contributed by atoms with van der Waals surface area (Å²) in [5.41, 5.74) is 1.26. The number of nitrogens with zero attached hydrogens (tertiary/aromatic N) is 2. The molecule has 3 aromatic rings. The minimum absolute atomic E-state index is 0.265. The zero-order chi connectivity index (χ0) is 19.2. The molecule has 5 nitrogen and oxygen atoms in total. The lowest BCUT2D eigenvalue weighted by molar-refractivity contribution is 0.342. The molecule has 0 saturated carbocycles. The van der Waals surface area contributed by atoms with E-state index in [9.17, 15) is 4.39 Å². The third-order valence-electron chi connectivity index (χ3n) is 3.67. The lowest BCUT2D eigenvalue weighted by Crippen LogP contribution is -2.20. The first-order chi connectivity index (χ1) is 13.1. The Balaban J connectivity index is 1.68. The van der Waals surface area contributed by atoms with E-state index < -0.39 is 0 Å². The second-order valence-corrected chi connectivity index (χ2v) is 6.44. The van der Waals surface area contributed by atoms with Gasteiger partial charge in [0.15, 0.2) is 10.9 Å². The Labute approximate surface area is 167 Å². The number of ether oxygens (including phenoxy) is 1. The molecule has 0 aliphatic rings. The van der Waals surface area contributed by atoms with Crippen molar-refractivity contribution in [2.45, 2.75) is 13.5 Å². The minimum atomic E-state index is -0.289. The number of aromatic nitrogens is 2. The number of hydrogen-bond donors (Lipinski definition) is 2. The largest absolute Gasteiger partial charge is 0.492 e. The summed E-state index contributed by atoms with van der Waals surface area (Å²) in [5, 5.41) is 11.1. The van der Waals surface area contributed by atoms with Crippen LogP contribution in [0.2, 0.25) is 5.02 Å². The summed E-state index contributed by atoms with van der Waals surface area (Å²) in [6.07, 6.45) is 1.62. The first kappa shape index (κ1) is 19.1. The van der Waals surface area contributed by atoms with Crippen molar-refractivity contribution in [1.29, 1.82) is 0 Å². The van der Waals surface area contributed by atoms with Crippen molar-refractivity contribution >= 4 is 40.4 Å². The van der Waals surface area contributed by atoms with Crippen LogP contribution in [0, 0.1) is 5.82 Å². The van der Waals surface area contributed by atoms with Gasteiger partial charge < -0.3 is 15.4 Å². The quantitative estimate of drug-likeness (QED) is 0.570. The highest BCUT2D eigenvalue weighted by atomic mass is 35.5. The highest BCUT2D eigenvalue weighted by Gasteiger charge is 2.11. The van der Waals surface area contributed by atoms with Gasteiger partial charge >= 0.3 is 0 Å². The summed E-state index contributed by atoms with van der Waals surface area (Å²) in [4.78, 5) is 0. The van der Waals surface area contributed by atoms with Crippen molar-refractivity contribution in [1.82, 2.24) is 9.78 Å². The molecule has 1 aromatic heterocycles. The molecule has 0 amide bonds. The van der Waals surface area contributed by atoms with Gasteiger partial charge in [-0.05, 0) is 37.3 Å². The number of benzene rings is 2. The third kappa shape index (κ3) is 4.96. The molecule has 27 heavy (non-hydrogen) atoms. The van der Waals surface area contributed by atoms with Gasteiger partial charge in [-0.15, -0.1) is 0 Å². The molecule has 2 aromatic carbocycles. The third-order valence-corrected chi connectivity index (χ3v) is 4.15. The second-order valence-electron chi connectivity index (χ2n) is 5.62. The summed E-state index contributed by atoms with van der Waals surface area (Å²) in [6, 6.07) is 14.0. The van der Waals surface area contributed by atoms with Crippen LogP contribution < -0.4 is 15.4 Å². The molecule has 0 atom stereocenters. The van der Waals surface area contributed by atoms with Gasteiger partial charge in [-0.25, -0.2) is 4.39 Å². The van der Waals surface area contributed by atoms with Gasteiger partial charge in [0.05, 0.1) is 18.8 Å². The Kier molecular flexibility index (Phi) is 6.26. The van der Waals surface area contributed by atoms with E-state index in [1.54, 1.807) is 29.1 Å². The lowest BCUT2D eigenvalue weighted by Gasteiger charge is -2.13. The van der Waals surface area contributed by atoms with Crippen LogP contribution in [0.4, 0.5) is 15.9 Å². The van der Waals surface area contributed by atoms with E-state index in [-0.39, 0.29) is 12.4 Å². The Bertz CT molecular complexity index is 947. The smallest absolute Gasteiger partial charge is 0.176 e. The SMILES string of the molecule is CCOc1ccccc1NC(=S)Nc1nn(Cc2ccccc2F)cc1Cl. The number of anilines is 2. The molecule has 1 heterocycles. The molecule has 2 N–H and O–H groups in total. The Morgan fingerprint density at radius 1 is 1.19 bits per heavy atom. The molecule has 8 heteroatoms. The van der Waals surface area contributed by atoms with Crippen LogP contribution in [-0.2, 0) is 6.54 Å². The molecule has 0 aliphatic carbocycles. The van der Waals surface area contributed by atoms with Crippen LogP contribution >= 0.6 is 23.8 Å². The lowest BCUT2D eigenvalue weighted by atomic mass is 10.2. The number of halogens is 2. The number of nitrogens with one attached hydrogen (secondary N) is 2. The topological polar surface area (TPSA) is 51.1 Å². The van der Waals surface area contributed by atoms with Gasteiger partial charge in [0, 0.05) is 11.8 Å². The van der Waals surface area contributed by atoms with Crippen molar-refractivity contribution in [3.05, 3.63) is 71.1 Å². The van der Waals surface area contributed by atoms with Crippen LogP contribution in [0.5, 0.6) is 5.75 Å².